The summed E-state index contributed by atoms with van der Waals surface area (Å²) >= 11 is 5.69. The van der Waals surface area contributed by atoms with Gasteiger partial charge in [0.2, 0.25) is 0 Å². The Morgan fingerprint density at radius 2 is 2.00 bits per heavy atom. The van der Waals surface area contributed by atoms with Crippen molar-refractivity contribution in [2.75, 3.05) is 0 Å². The van der Waals surface area contributed by atoms with E-state index in [0.717, 1.165) is 4.80 Å². The summed E-state index contributed by atoms with van der Waals surface area (Å²) in [6.07, 6.45) is 4.06. The number of aromatic carboxylic acids is 1. The number of nitrogens with zero attached hydrogens (tertiary/aromatic N) is 4. The molecule has 0 unspecified atom stereocenters. The van der Waals surface area contributed by atoms with Crippen molar-refractivity contribution in [1.29, 1.82) is 0 Å². The number of pyridine rings is 1. The number of rotatable bonds is 2. The molecule has 0 aliphatic heterocycles. The van der Waals surface area contributed by atoms with E-state index >= 15 is 0 Å². The predicted octanol–water partition coefficient (Wildman–Crippen LogP) is -3.32. The van der Waals surface area contributed by atoms with Gasteiger partial charge in [-0.05, 0) is 6.07 Å². The van der Waals surface area contributed by atoms with E-state index in [4.69, 9.17) is 11.6 Å². The molecule has 2 aromatic heterocycles. The molecule has 0 radical (unpaired) electrons. The summed E-state index contributed by atoms with van der Waals surface area (Å²) in [4.78, 5) is 15.5. The first kappa shape index (κ1) is 13.1. The second-order valence-corrected chi connectivity index (χ2v) is 3.06. The van der Waals surface area contributed by atoms with Gasteiger partial charge in [-0.25, -0.2) is 0 Å². The monoisotopic (exact) mass is 246 g/mol. The van der Waals surface area contributed by atoms with E-state index in [1.807, 2.05) is 0 Å². The number of halogens is 1. The maximum Gasteiger partial charge on any atom is 1.00 e. The minimum atomic E-state index is -1.40. The zero-order valence-corrected chi connectivity index (χ0v) is 11.0. The molecular weight excluding hydrogens is 243 g/mol. The van der Waals surface area contributed by atoms with Crippen molar-refractivity contribution in [3.05, 3.63) is 35.4 Å². The van der Waals surface area contributed by atoms with Crippen molar-refractivity contribution in [2.24, 2.45) is 0 Å². The number of carbonyl (C=O) groups is 1. The van der Waals surface area contributed by atoms with Crippen LogP contribution in [0.1, 0.15) is 10.5 Å². The van der Waals surface area contributed by atoms with Gasteiger partial charge in [0.05, 0.1) is 23.4 Å². The van der Waals surface area contributed by atoms with E-state index < -0.39 is 5.97 Å². The molecule has 76 valence electrons. The van der Waals surface area contributed by atoms with Crippen LogP contribution in [-0.2, 0) is 0 Å². The first-order chi connectivity index (χ1) is 7.18. The summed E-state index contributed by atoms with van der Waals surface area (Å²) in [5.74, 6) is -1.40. The van der Waals surface area contributed by atoms with Crippen molar-refractivity contribution < 1.29 is 39.5 Å². The number of carboxylic acid groups (broad SMARTS) is 1. The Labute approximate surface area is 118 Å². The average molecular weight is 247 g/mol. The van der Waals surface area contributed by atoms with Crippen molar-refractivity contribution in [3.63, 3.8) is 0 Å². The fourth-order valence-electron chi connectivity index (χ4n) is 1.08. The average Bonchev–Trinajstić information content (AvgIpc) is 2.69. The van der Waals surface area contributed by atoms with Crippen LogP contribution in [0, 0.1) is 0 Å². The summed E-state index contributed by atoms with van der Waals surface area (Å²) in [5.41, 5.74) is -0.0805. The van der Waals surface area contributed by atoms with Gasteiger partial charge in [-0.1, -0.05) is 11.6 Å². The number of carbonyl (C=O) groups excluding carboxylic acids is 1. The fourth-order valence-corrected chi connectivity index (χ4v) is 1.23. The van der Waals surface area contributed by atoms with Crippen LogP contribution < -0.4 is 34.7 Å². The Balaban J connectivity index is 0.00000128. The van der Waals surface area contributed by atoms with Crippen LogP contribution in [0.4, 0.5) is 0 Å². The van der Waals surface area contributed by atoms with Crippen molar-refractivity contribution in [1.82, 2.24) is 20.0 Å². The second-order valence-electron chi connectivity index (χ2n) is 2.63. The smallest absolute Gasteiger partial charge is 0.543 e. The third kappa shape index (κ3) is 2.59. The SMILES string of the molecule is O=C([O-])c1ncc(Cl)cc1-n1nccn1.[Na+]. The van der Waals surface area contributed by atoms with Gasteiger partial charge in [0.25, 0.3) is 0 Å². The van der Waals surface area contributed by atoms with Crippen LogP contribution in [0.2, 0.25) is 5.02 Å². The third-order valence-corrected chi connectivity index (χ3v) is 1.87. The molecule has 2 aromatic rings. The van der Waals surface area contributed by atoms with Gasteiger partial charge in [0.15, 0.2) is 0 Å². The molecule has 8 heteroatoms. The largest absolute Gasteiger partial charge is 1.00 e. The van der Waals surface area contributed by atoms with Crippen LogP contribution in [0.15, 0.2) is 24.7 Å². The molecule has 0 saturated heterocycles. The van der Waals surface area contributed by atoms with Crippen LogP contribution in [0.5, 0.6) is 0 Å². The molecule has 0 N–H and O–H groups in total. The molecule has 0 aromatic carbocycles. The Bertz CT molecular complexity index is 503. The van der Waals surface area contributed by atoms with Crippen molar-refractivity contribution in [2.45, 2.75) is 0 Å². The van der Waals surface area contributed by atoms with Gasteiger partial charge in [-0.2, -0.15) is 10.2 Å². The molecule has 0 bridgehead atoms. The molecule has 2 rings (SSSR count). The topological polar surface area (TPSA) is 83.7 Å². The van der Waals surface area contributed by atoms with Crippen molar-refractivity contribution in [3.8, 4) is 5.69 Å². The zero-order chi connectivity index (χ0) is 10.8. The quantitative estimate of drug-likeness (QED) is 0.518. The molecule has 6 nitrogen and oxygen atoms in total. The molecule has 0 spiro atoms. The molecule has 0 aliphatic carbocycles. The maximum absolute atomic E-state index is 10.7. The number of hydrogen-bond donors (Lipinski definition) is 0. The number of hydrogen-bond acceptors (Lipinski definition) is 5. The Kier molecular flexibility index (Phi) is 4.43. The summed E-state index contributed by atoms with van der Waals surface area (Å²) < 4.78 is 0. The number of carboxylic acids is 1. The summed E-state index contributed by atoms with van der Waals surface area (Å²) in [5, 5.41) is 18.6. The first-order valence-electron chi connectivity index (χ1n) is 3.92. The molecule has 2 heterocycles. The van der Waals surface area contributed by atoms with E-state index in [-0.39, 0.29) is 40.9 Å². The van der Waals surface area contributed by atoms with E-state index in [1.54, 1.807) is 0 Å². The minimum absolute atomic E-state index is 0. The van der Waals surface area contributed by atoms with Gasteiger partial charge in [-0.15, -0.1) is 4.80 Å². The second kappa shape index (κ2) is 5.40. The van der Waals surface area contributed by atoms with Gasteiger partial charge in [0.1, 0.15) is 11.4 Å². The van der Waals surface area contributed by atoms with E-state index in [0.29, 0.717) is 5.02 Å². The van der Waals surface area contributed by atoms with E-state index in [1.165, 1.54) is 24.7 Å². The maximum atomic E-state index is 10.7. The normalized spacial score (nSPS) is 9.56. The predicted molar refractivity (Wildman–Crippen MR) is 48.5 cm³/mol. The minimum Gasteiger partial charge on any atom is -0.543 e. The Morgan fingerprint density at radius 1 is 1.38 bits per heavy atom. The van der Waals surface area contributed by atoms with Crippen LogP contribution in [0.25, 0.3) is 5.69 Å². The van der Waals surface area contributed by atoms with Gasteiger partial charge < -0.3 is 9.90 Å². The fraction of sp³-hybridized carbons (Fsp3) is 0. The molecule has 0 fully saturated rings. The zero-order valence-electron chi connectivity index (χ0n) is 8.29. The molecule has 0 amide bonds. The summed E-state index contributed by atoms with van der Waals surface area (Å²) in [6.45, 7) is 0. The van der Waals surface area contributed by atoms with E-state index in [9.17, 15) is 9.90 Å². The summed E-state index contributed by atoms with van der Waals surface area (Å²) in [7, 11) is 0. The molecule has 0 saturated carbocycles. The van der Waals surface area contributed by atoms with E-state index in [2.05, 4.69) is 15.2 Å². The van der Waals surface area contributed by atoms with Crippen LogP contribution in [-0.4, -0.2) is 25.9 Å². The van der Waals surface area contributed by atoms with Gasteiger partial charge in [-0.3, -0.25) is 4.98 Å². The Morgan fingerprint density at radius 3 is 2.56 bits per heavy atom. The van der Waals surface area contributed by atoms with Crippen LogP contribution >= 0.6 is 11.6 Å². The molecular formula is C8H4ClN4NaO2. The number of aromatic nitrogens is 4. The summed E-state index contributed by atoms with van der Waals surface area (Å²) in [6, 6.07) is 1.40. The third-order valence-electron chi connectivity index (χ3n) is 1.66. The van der Waals surface area contributed by atoms with Crippen LogP contribution in [0.3, 0.4) is 0 Å². The molecule has 0 aliphatic rings. The Hall–Kier alpha value is -0.950. The van der Waals surface area contributed by atoms with Gasteiger partial charge in [0, 0.05) is 6.20 Å². The standard InChI is InChI=1S/C8H5ClN4O2.Na/c9-5-3-6(13-11-1-2-12-13)7(8(14)15)10-4-5;/h1-4H,(H,14,15);/q;+1/p-1. The molecule has 0 atom stereocenters. The first-order valence-corrected chi connectivity index (χ1v) is 4.30. The van der Waals surface area contributed by atoms with Crippen molar-refractivity contribution >= 4 is 17.6 Å². The molecule has 16 heavy (non-hydrogen) atoms. The van der Waals surface area contributed by atoms with Gasteiger partial charge >= 0.3 is 29.6 Å².